The molecule has 5 heteroatoms. The Morgan fingerprint density at radius 2 is 2.00 bits per heavy atom. The molecule has 1 aromatic rings. The molecule has 0 fully saturated rings. The van der Waals surface area contributed by atoms with Crippen molar-refractivity contribution in [3.05, 3.63) is 29.8 Å². The Kier molecular flexibility index (Phi) is 8.19. The number of hydrogen-bond acceptors (Lipinski definition) is 3. The van der Waals surface area contributed by atoms with Crippen molar-refractivity contribution >= 4 is 18.3 Å². The zero-order valence-corrected chi connectivity index (χ0v) is 12.5. The van der Waals surface area contributed by atoms with Crippen molar-refractivity contribution in [3.8, 4) is 5.75 Å². The maximum Gasteiger partial charge on any atom is 0.237 e. The SMILES string of the molecule is COc1ccccc1CCNC(=O)[C@H](N)C(C)C.Cl. The molecule has 19 heavy (non-hydrogen) atoms. The van der Waals surface area contributed by atoms with Crippen molar-refractivity contribution in [2.75, 3.05) is 13.7 Å². The van der Waals surface area contributed by atoms with Gasteiger partial charge in [0.2, 0.25) is 5.91 Å². The van der Waals surface area contributed by atoms with E-state index in [1.54, 1.807) is 7.11 Å². The minimum atomic E-state index is -0.442. The topological polar surface area (TPSA) is 64.3 Å². The number of para-hydroxylation sites is 1. The number of nitrogens with two attached hydrogens (primary N) is 1. The Bertz CT molecular complexity index is 397. The minimum absolute atomic E-state index is 0. The van der Waals surface area contributed by atoms with Gasteiger partial charge in [-0.05, 0) is 24.0 Å². The predicted molar refractivity (Wildman–Crippen MR) is 79.8 cm³/mol. The number of benzene rings is 1. The van der Waals surface area contributed by atoms with Crippen LogP contribution in [0.4, 0.5) is 0 Å². The van der Waals surface area contributed by atoms with E-state index in [1.165, 1.54) is 0 Å². The third-order valence-electron chi connectivity index (χ3n) is 2.91. The van der Waals surface area contributed by atoms with E-state index in [0.717, 1.165) is 17.7 Å². The first-order chi connectivity index (χ1) is 8.56. The van der Waals surface area contributed by atoms with Crippen molar-refractivity contribution in [3.63, 3.8) is 0 Å². The first-order valence-corrected chi connectivity index (χ1v) is 6.21. The van der Waals surface area contributed by atoms with Crippen LogP contribution in [-0.4, -0.2) is 25.6 Å². The number of carbonyl (C=O) groups is 1. The standard InChI is InChI=1S/C14H22N2O2.ClH/c1-10(2)13(15)14(17)16-9-8-11-6-4-5-7-12(11)18-3;/h4-7,10,13H,8-9,15H2,1-3H3,(H,16,17);1H/t13-;/m1./s1. The first-order valence-electron chi connectivity index (χ1n) is 6.21. The van der Waals surface area contributed by atoms with Crippen molar-refractivity contribution in [2.24, 2.45) is 11.7 Å². The van der Waals surface area contributed by atoms with Gasteiger partial charge in [-0.15, -0.1) is 12.4 Å². The largest absolute Gasteiger partial charge is 0.496 e. The van der Waals surface area contributed by atoms with Crippen LogP contribution in [-0.2, 0) is 11.2 Å². The molecule has 1 atom stereocenters. The molecular formula is C14H23ClN2O2. The highest BCUT2D eigenvalue weighted by atomic mass is 35.5. The van der Waals surface area contributed by atoms with E-state index in [0.29, 0.717) is 6.54 Å². The molecule has 0 aliphatic rings. The summed E-state index contributed by atoms with van der Waals surface area (Å²) < 4.78 is 5.25. The van der Waals surface area contributed by atoms with E-state index in [-0.39, 0.29) is 24.2 Å². The third-order valence-corrected chi connectivity index (χ3v) is 2.91. The normalized spacial score (nSPS) is 11.6. The molecule has 4 nitrogen and oxygen atoms in total. The van der Waals surface area contributed by atoms with E-state index in [4.69, 9.17) is 10.5 Å². The highest BCUT2D eigenvalue weighted by Crippen LogP contribution is 2.17. The highest BCUT2D eigenvalue weighted by Gasteiger charge is 2.16. The molecule has 1 aromatic carbocycles. The Morgan fingerprint density at radius 1 is 1.37 bits per heavy atom. The highest BCUT2D eigenvalue weighted by molar-refractivity contribution is 5.85. The fraction of sp³-hybridized carbons (Fsp3) is 0.500. The van der Waals surface area contributed by atoms with Crippen molar-refractivity contribution < 1.29 is 9.53 Å². The molecule has 0 radical (unpaired) electrons. The number of hydrogen-bond donors (Lipinski definition) is 2. The average molecular weight is 287 g/mol. The lowest BCUT2D eigenvalue weighted by Crippen LogP contribution is -2.44. The molecule has 0 aliphatic carbocycles. The van der Waals surface area contributed by atoms with Gasteiger partial charge >= 0.3 is 0 Å². The van der Waals surface area contributed by atoms with Gasteiger partial charge in [-0.1, -0.05) is 32.0 Å². The van der Waals surface area contributed by atoms with E-state index >= 15 is 0 Å². The second-order valence-electron chi connectivity index (χ2n) is 4.62. The third kappa shape index (κ3) is 5.49. The molecule has 0 unspecified atom stereocenters. The van der Waals surface area contributed by atoms with Crippen LogP contribution in [0.5, 0.6) is 5.75 Å². The Labute approximate surface area is 121 Å². The van der Waals surface area contributed by atoms with Crippen LogP contribution in [0.25, 0.3) is 0 Å². The molecular weight excluding hydrogens is 264 g/mol. The van der Waals surface area contributed by atoms with Crippen molar-refractivity contribution in [1.82, 2.24) is 5.32 Å². The fourth-order valence-corrected chi connectivity index (χ4v) is 1.65. The van der Waals surface area contributed by atoms with Crippen LogP contribution in [0.1, 0.15) is 19.4 Å². The molecule has 0 saturated carbocycles. The van der Waals surface area contributed by atoms with Gasteiger partial charge in [0.25, 0.3) is 0 Å². The van der Waals surface area contributed by atoms with Crippen LogP contribution in [0, 0.1) is 5.92 Å². The lowest BCUT2D eigenvalue weighted by atomic mass is 10.0. The molecule has 0 heterocycles. The molecule has 1 amide bonds. The number of methoxy groups -OCH3 is 1. The number of rotatable bonds is 6. The number of carbonyl (C=O) groups excluding carboxylic acids is 1. The van der Waals surface area contributed by atoms with Crippen LogP contribution in [0.15, 0.2) is 24.3 Å². The summed E-state index contributed by atoms with van der Waals surface area (Å²) in [6, 6.07) is 7.35. The lowest BCUT2D eigenvalue weighted by Gasteiger charge is -2.15. The van der Waals surface area contributed by atoms with Crippen LogP contribution in [0.3, 0.4) is 0 Å². The predicted octanol–water partition coefficient (Wildman–Crippen LogP) is 1.76. The number of halogens is 1. The van der Waals surface area contributed by atoms with E-state index in [2.05, 4.69) is 5.32 Å². The zero-order valence-electron chi connectivity index (χ0n) is 11.7. The lowest BCUT2D eigenvalue weighted by molar-refractivity contribution is -0.123. The maximum atomic E-state index is 11.7. The zero-order chi connectivity index (χ0) is 13.5. The van der Waals surface area contributed by atoms with Crippen LogP contribution in [0.2, 0.25) is 0 Å². The number of ether oxygens (including phenoxy) is 1. The molecule has 0 aliphatic heterocycles. The van der Waals surface area contributed by atoms with Gasteiger partial charge in [0.1, 0.15) is 5.75 Å². The van der Waals surface area contributed by atoms with Crippen molar-refractivity contribution in [1.29, 1.82) is 0 Å². The summed E-state index contributed by atoms with van der Waals surface area (Å²) in [7, 11) is 1.64. The van der Waals surface area contributed by atoms with Gasteiger partial charge < -0.3 is 15.8 Å². The van der Waals surface area contributed by atoms with Crippen LogP contribution < -0.4 is 15.8 Å². The fourth-order valence-electron chi connectivity index (χ4n) is 1.65. The van der Waals surface area contributed by atoms with E-state index < -0.39 is 6.04 Å². The first kappa shape index (κ1) is 17.7. The van der Waals surface area contributed by atoms with Crippen LogP contribution >= 0.6 is 12.4 Å². The summed E-state index contributed by atoms with van der Waals surface area (Å²) in [6.45, 7) is 4.44. The Balaban J connectivity index is 0.00000324. The summed E-state index contributed by atoms with van der Waals surface area (Å²) in [6.07, 6.45) is 0.737. The summed E-state index contributed by atoms with van der Waals surface area (Å²) in [5, 5.41) is 2.84. The maximum absolute atomic E-state index is 11.7. The summed E-state index contributed by atoms with van der Waals surface area (Å²) in [5.41, 5.74) is 6.84. The number of amides is 1. The Hall–Kier alpha value is -1.26. The monoisotopic (exact) mass is 286 g/mol. The van der Waals surface area contributed by atoms with Gasteiger partial charge in [-0.2, -0.15) is 0 Å². The second-order valence-corrected chi connectivity index (χ2v) is 4.62. The molecule has 1 rings (SSSR count). The molecule has 3 N–H and O–H groups in total. The molecule has 108 valence electrons. The summed E-state index contributed by atoms with van der Waals surface area (Å²) >= 11 is 0. The molecule has 0 aromatic heterocycles. The molecule has 0 spiro atoms. The molecule has 0 bridgehead atoms. The summed E-state index contributed by atoms with van der Waals surface area (Å²) in [4.78, 5) is 11.7. The second kappa shape index (κ2) is 8.77. The van der Waals surface area contributed by atoms with Gasteiger partial charge in [0, 0.05) is 6.54 Å². The van der Waals surface area contributed by atoms with E-state index in [9.17, 15) is 4.79 Å². The van der Waals surface area contributed by atoms with Gasteiger partial charge in [-0.25, -0.2) is 0 Å². The smallest absolute Gasteiger partial charge is 0.237 e. The van der Waals surface area contributed by atoms with Crippen molar-refractivity contribution in [2.45, 2.75) is 26.3 Å². The summed E-state index contributed by atoms with van der Waals surface area (Å²) in [5.74, 6) is 0.899. The Morgan fingerprint density at radius 3 is 2.58 bits per heavy atom. The average Bonchev–Trinajstić information content (AvgIpc) is 2.38. The number of nitrogens with one attached hydrogen (secondary N) is 1. The molecule has 0 saturated heterocycles. The van der Waals surface area contributed by atoms with E-state index in [1.807, 2.05) is 38.1 Å². The van der Waals surface area contributed by atoms with Gasteiger partial charge in [-0.3, -0.25) is 4.79 Å². The van der Waals surface area contributed by atoms with Gasteiger partial charge in [0.15, 0.2) is 0 Å². The van der Waals surface area contributed by atoms with Gasteiger partial charge in [0.05, 0.1) is 13.2 Å². The quantitative estimate of drug-likeness (QED) is 0.837. The minimum Gasteiger partial charge on any atom is -0.496 e.